The minimum atomic E-state index is -0.227. The fraction of sp³-hybridized carbons (Fsp3) is 0.778. The molecule has 0 fully saturated rings. The maximum Gasteiger partial charge on any atom is 0.373 e. The molecular formula is C9H18O4Si. The molecule has 0 aromatic heterocycles. The summed E-state index contributed by atoms with van der Waals surface area (Å²) in [5.74, 6) is 0.921. The smallest absolute Gasteiger partial charge is 0.186 e. The first-order chi connectivity index (χ1) is 6.45. The molecule has 82 valence electrons. The van der Waals surface area contributed by atoms with Crippen LogP contribution in [0.15, 0.2) is 0 Å². The molecule has 0 atom stereocenters. The zero-order chi connectivity index (χ0) is 12.0. The second kappa shape index (κ2) is 17.9. The van der Waals surface area contributed by atoms with E-state index in [4.69, 9.17) is 19.2 Å². The Hall–Kier alpha value is -1.02. The zero-order valence-electron chi connectivity index (χ0n) is 9.20. The molecule has 5 heteroatoms. The fourth-order valence-corrected chi connectivity index (χ4v) is 2.00. The third kappa shape index (κ3) is 69.1. The monoisotopic (exact) mass is 218 g/mol. The van der Waals surface area contributed by atoms with Gasteiger partial charge in [-0.2, -0.15) is 19.2 Å². The highest BCUT2D eigenvalue weighted by Gasteiger charge is 1.97. The van der Waals surface area contributed by atoms with Crippen molar-refractivity contribution in [2.75, 3.05) is 0 Å². The van der Waals surface area contributed by atoms with Gasteiger partial charge in [0, 0.05) is 8.80 Å². The highest BCUT2D eigenvalue weighted by atomic mass is 28.3. The average Bonchev–Trinajstić information content (AvgIpc) is 2.04. The zero-order valence-corrected chi connectivity index (χ0v) is 10.4. The molecule has 4 nitrogen and oxygen atoms in total. The van der Waals surface area contributed by atoms with Crippen LogP contribution in [0.25, 0.3) is 0 Å². The van der Waals surface area contributed by atoms with Crippen molar-refractivity contribution in [3.8, 4) is 0 Å². The summed E-state index contributed by atoms with van der Waals surface area (Å²) < 4.78 is 0. The predicted octanol–water partition coefficient (Wildman–Crippen LogP) is 1.35. The molecule has 0 rings (SSSR count). The van der Waals surface area contributed by atoms with Gasteiger partial charge in [-0.1, -0.05) is 39.4 Å². The molecule has 0 aliphatic heterocycles. The lowest BCUT2D eigenvalue weighted by atomic mass is 10.2. The van der Waals surface area contributed by atoms with Crippen molar-refractivity contribution in [1.29, 1.82) is 0 Å². The number of hydrogen-bond donors (Lipinski definition) is 0. The number of carbonyl (C=O) groups excluding carboxylic acids is 4. The third-order valence-electron chi connectivity index (χ3n) is 1.32. The van der Waals surface area contributed by atoms with Gasteiger partial charge in [-0.15, -0.1) is 0 Å². The molecule has 0 unspecified atom stereocenters. The van der Waals surface area contributed by atoms with Crippen molar-refractivity contribution < 1.29 is 19.2 Å². The molecule has 0 N–H and O–H groups in total. The van der Waals surface area contributed by atoms with Crippen molar-refractivity contribution in [3.63, 3.8) is 0 Å². The first-order valence-corrected chi connectivity index (χ1v) is 7.57. The minimum Gasteiger partial charge on any atom is -0.186 e. The lowest BCUT2D eigenvalue weighted by molar-refractivity contribution is -0.193. The maximum atomic E-state index is 8.12. The summed E-state index contributed by atoms with van der Waals surface area (Å²) in [4.78, 5) is 32.5. The van der Waals surface area contributed by atoms with Crippen LogP contribution in [0.3, 0.4) is 0 Å². The Kier molecular flexibility index (Phi) is 23.9. The van der Waals surface area contributed by atoms with E-state index in [1.807, 2.05) is 0 Å². The summed E-state index contributed by atoms with van der Waals surface area (Å²) in [6.07, 6.45) is 1.95. The molecule has 0 bridgehead atoms. The summed E-state index contributed by atoms with van der Waals surface area (Å²) in [6, 6.07) is 1.53. The molecule has 14 heavy (non-hydrogen) atoms. The Labute approximate surface area is 86.3 Å². The Balaban J connectivity index is -0.000000168. The fourth-order valence-electron chi connectivity index (χ4n) is 0.667. The van der Waals surface area contributed by atoms with Gasteiger partial charge in [-0.05, 0) is 5.92 Å². The standard InChI is InChI=1S/C7H18Si.2CO2/c1-7(2)5-6-8(3)4;2*2-1-3/h7-8H,5-6H2,1-4H3;;. The van der Waals surface area contributed by atoms with Gasteiger partial charge in [-0.25, -0.2) is 0 Å². The molecule has 0 saturated heterocycles. The molecule has 0 aliphatic carbocycles. The van der Waals surface area contributed by atoms with E-state index in [2.05, 4.69) is 26.9 Å². The lowest BCUT2D eigenvalue weighted by Gasteiger charge is -2.04. The van der Waals surface area contributed by atoms with Crippen LogP contribution >= 0.6 is 0 Å². The van der Waals surface area contributed by atoms with Crippen molar-refractivity contribution in [2.45, 2.75) is 39.4 Å². The first kappa shape index (κ1) is 18.7. The topological polar surface area (TPSA) is 68.3 Å². The normalized spacial score (nSPS) is 7.57. The van der Waals surface area contributed by atoms with Gasteiger partial charge in [0.1, 0.15) is 0 Å². The highest BCUT2D eigenvalue weighted by Crippen LogP contribution is 2.06. The molecule has 0 spiro atoms. The van der Waals surface area contributed by atoms with Gasteiger partial charge in [0.15, 0.2) is 0 Å². The van der Waals surface area contributed by atoms with E-state index >= 15 is 0 Å². The second-order valence-corrected chi connectivity index (χ2v) is 6.90. The largest absolute Gasteiger partial charge is 0.373 e. The number of hydrogen-bond acceptors (Lipinski definition) is 4. The van der Waals surface area contributed by atoms with Crippen LogP contribution in [0.5, 0.6) is 0 Å². The van der Waals surface area contributed by atoms with E-state index in [1.165, 1.54) is 12.5 Å². The molecule has 0 heterocycles. The summed E-state index contributed by atoms with van der Waals surface area (Å²) in [7, 11) is -0.227. The Morgan fingerprint density at radius 1 is 1.00 bits per heavy atom. The molecule has 0 aromatic carbocycles. The van der Waals surface area contributed by atoms with E-state index in [9.17, 15) is 0 Å². The van der Waals surface area contributed by atoms with Gasteiger partial charge in [0.25, 0.3) is 0 Å². The van der Waals surface area contributed by atoms with Crippen LogP contribution in [0, 0.1) is 5.92 Å². The summed E-state index contributed by atoms with van der Waals surface area (Å²) in [5, 5.41) is 0. The van der Waals surface area contributed by atoms with Crippen LogP contribution < -0.4 is 0 Å². The Morgan fingerprint density at radius 3 is 1.36 bits per heavy atom. The summed E-state index contributed by atoms with van der Waals surface area (Å²) in [5.41, 5.74) is 0. The molecule has 0 aliphatic rings. The Bertz CT molecular complexity index is 146. The SMILES string of the molecule is CC(C)CC[SiH](C)C.O=C=O.O=C=O. The van der Waals surface area contributed by atoms with Crippen LogP contribution in [-0.4, -0.2) is 21.1 Å². The average molecular weight is 218 g/mol. The van der Waals surface area contributed by atoms with E-state index in [0.29, 0.717) is 0 Å². The van der Waals surface area contributed by atoms with Gasteiger partial charge < -0.3 is 0 Å². The van der Waals surface area contributed by atoms with Gasteiger partial charge in [-0.3, -0.25) is 0 Å². The third-order valence-corrected chi connectivity index (χ3v) is 2.81. The van der Waals surface area contributed by atoms with Crippen LogP contribution in [0.4, 0.5) is 0 Å². The second-order valence-electron chi connectivity index (χ2n) is 3.53. The molecular weight excluding hydrogens is 200 g/mol. The van der Waals surface area contributed by atoms with Crippen LogP contribution in [0.2, 0.25) is 19.1 Å². The molecule has 0 radical (unpaired) electrons. The predicted molar refractivity (Wildman–Crippen MR) is 53.2 cm³/mol. The van der Waals surface area contributed by atoms with Gasteiger partial charge in [0.2, 0.25) is 0 Å². The van der Waals surface area contributed by atoms with E-state index in [0.717, 1.165) is 5.92 Å². The number of rotatable bonds is 3. The van der Waals surface area contributed by atoms with Crippen LogP contribution in [0.1, 0.15) is 20.3 Å². The van der Waals surface area contributed by atoms with Crippen molar-refractivity contribution in [3.05, 3.63) is 0 Å². The van der Waals surface area contributed by atoms with Crippen molar-refractivity contribution >= 4 is 21.1 Å². The Morgan fingerprint density at radius 2 is 1.29 bits per heavy atom. The van der Waals surface area contributed by atoms with E-state index < -0.39 is 0 Å². The highest BCUT2D eigenvalue weighted by molar-refractivity contribution is 6.55. The molecule has 0 saturated carbocycles. The lowest BCUT2D eigenvalue weighted by Crippen LogP contribution is -2.00. The first-order valence-electron chi connectivity index (χ1n) is 4.44. The molecule has 0 amide bonds. The quantitative estimate of drug-likeness (QED) is 0.671. The minimum absolute atomic E-state index is 0.227. The van der Waals surface area contributed by atoms with Gasteiger partial charge >= 0.3 is 12.3 Å². The molecule has 0 aromatic rings. The van der Waals surface area contributed by atoms with Crippen molar-refractivity contribution in [1.82, 2.24) is 0 Å². The van der Waals surface area contributed by atoms with E-state index in [1.54, 1.807) is 0 Å². The summed E-state index contributed by atoms with van der Waals surface area (Å²) >= 11 is 0. The maximum absolute atomic E-state index is 8.12. The van der Waals surface area contributed by atoms with Crippen molar-refractivity contribution in [2.24, 2.45) is 5.92 Å². The van der Waals surface area contributed by atoms with E-state index in [-0.39, 0.29) is 21.1 Å². The summed E-state index contributed by atoms with van der Waals surface area (Å²) in [6.45, 7) is 9.44. The van der Waals surface area contributed by atoms with Crippen LogP contribution in [-0.2, 0) is 19.2 Å². The van der Waals surface area contributed by atoms with Gasteiger partial charge in [0.05, 0.1) is 0 Å².